The van der Waals surface area contributed by atoms with Crippen molar-refractivity contribution in [3.05, 3.63) is 66.0 Å². The standard InChI is InChI=1S/C23H18F3N3O4/c1-32-19-8-13-12-4-2-3-5-17(12)33-18(13)9-16(19)27-10-20(30)28-11-21(31)29-15-7-6-14(24)22(25)23(15)26/h2-9,27H,10-11H2,1H3,(H,28,30)(H,29,31). The molecule has 0 aliphatic carbocycles. The van der Waals surface area contributed by atoms with E-state index in [0.29, 0.717) is 28.7 Å². The Labute approximate surface area is 185 Å². The van der Waals surface area contributed by atoms with Crippen LogP contribution in [0.1, 0.15) is 0 Å². The fourth-order valence-corrected chi connectivity index (χ4v) is 3.29. The highest BCUT2D eigenvalue weighted by Crippen LogP contribution is 2.36. The van der Waals surface area contributed by atoms with Gasteiger partial charge in [-0.3, -0.25) is 9.59 Å². The van der Waals surface area contributed by atoms with Gasteiger partial charge in [0, 0.05) is 16.8 Å². The fraction of sp³-hybridized carbons (Fsp3) is 0.130. The molecule has 4 rings (SSSR count). The topological polar surface area (TPSA) is 92.6 Å². The van der Waals surface area contributed by atoms with Crippen LogP contribution in [0.5, 0.6) is 5.75 Å². The van der Waals surface area contributed by atoms with E-state index < -0.39 is 41.5 Å². The minimum Gasteiger partial charge on any atom is -0.495 e. The fourth-order valence-electron chi connectivity index (χ4n) is 3.29. The first-order valence-corrected chi connectivity index (χ1v) is 9.80. The van der Waals surface area contributed by atoms with Gasteiger partial charge < -0.3 is 25.1 Å². The molecule has 0 fully saturated rings. The van der Waals surface area contributed by atoms with Gasteiger partial charge in [0.05, 0.1) is 31.6 Å². The monoisotopic (exact) mass is 457 g/mol. The third kappa shape index (κ3) is 4.54. The number of hydrogen-bond acceptors (Lipinski definition) is 5. The lowest BCUT2D eigenvalue weighted by Gasteiger charge is -2.12. The molecule has 0 saturated heterocycles. The van der Waals surface area contributed by atoms with E-state index in [1.807, 2.05) is 24.3 Å². The van der Waals surface area contributed by atoms with E-state index in [9.17, 15) is 22.8 Å². The summed E-state index contributed by atoms with van der Waals surface area (Å²) in [7, 11) is 1.50. The number of para-hydroxylation sites is 1. The molecule has 0 bridgehead atoms. The van der Waals surface area contributed by atoms with Crippen LogP contribution >= 0.6 is 0 Å². The van der Waals surface area contributed by atoms with Crippen molar-refractivity contribution in [2.45, 2.75) is 0 Å². The molecule has 7 nitrogen and oxygen atoms in total. The molecule has 3 aromatic carbocycles. The third-order valence-electron chi connectivity index (χ3n) is 4.89. The number of hydrogen-bond donors (Lipinski definition) is 3. The number of amides is 2. The number of anilines is 2. The molecule has 0 saturated carbocycles. The largest absolute Gasteiger partial charge is 0.495 e. The van der Waals surface area contributed by atoms with E-state index in [2.05, 4.69) is 16.0 Å². The summed E-state index contributed by atoms with van der Waals surface area (Å²) < 4.78 is 51.1. The molecule has 2 amide bonds. The lowest BCUT2D eigenvalue weighted by molar-refractivity contribution is -0.122. The summed E-state index contributed by atoms with van der Waals surface area (Å²) in [5.74, 6) is -5.45. The van der Waals surface area contributed by atoms with Gasteiger partial charge in [-0.2, -0.15) is 0 Å². The molecule has 0 aliphatic rings. The molecule has 4 aromatic rings. The van der Waals surface area contributed by atoms with Crippen LogP contribution in [-0.4, -0.2) is 32.0 Å². The quantitative estimate of drug-likeness (QED) is 0.362. The molecule has 3 N–H and O–H groups in total. The maximum atomic E-state index is 13.6. The predicted molar refractivity (Wildman–Crippen MR) is 117 cm³/mol. The minimum absolute atomic E-state index is 0.199. The molecule has 0 spiro atoms. The molecule has 0 radical (unpaired) electrons. The van der Waals surface area contributed by atoms with Crippen LogP contribution in [0.25, 0.3) is 21.9 Å². The maximum Gasteiger partial charge on any atom is 0.243 e. The summed E-state index contributed by atoms with van der Waals surface area (Å²) in [6.45, 7) is -0.701. The number of nitrogens with one attached hydrogen (secondary N) is 3. The zero-order valence-electron chi connectivity index (χ0n) is 17.3. The number of fused-ring (bicyclic) bond motifs is 3. The number of methoxy groups -OCH3 is 1. The van der Waals surface area contributed by atoms with Crippen molar-refractivity contribution in [2.24, 2.45) is 0 Å². The Balaban J connectivity index is 1.37. The molecule has 170 valence electrons. The second-order valence-electron chi connectivity index (χ2n) is 7.05. The lowest BCUT2D eigenvalue weighted by atomic mass is 10.1. The maximum absolute atomic E-state index is 13.6. The molecule has 33 heavy (non-hydrogen) atoms. The normalized spacial score (nSPS) is 10.9. The highest BCUT2D eigenvalue weighted by Gasteiger charge is 2.16. The minimum atomic E-state index is -1.70. The van der Waals surface area contributed by atoms with Crippen LogP contribution in [0.4, 0.5) is 24.5 Å². The highest BCUT2D eigenvalue weighted by molar-refractivity contribution is 6.06. The van der Waals surface area contributed by atoms with Gasteiger partial charge in [0.1, 0.15) is 16.9 Å². The zero-order chi connectivity index (χ0) is 23.5. The number of ether oxygens (including phenoxy) is 1. The second-order valence-corrected chi connectivity index (χ2v) is 7.05. The average Bonchev–Trinajstić information content (AvgIpc) is 3.18. The van der Waals surface area contributed by atoms with E-state index in [4.69, 9.17) is 9.15 Å². The van der Waals surface area contributed by atoms with E-state index in [1.165, 1.54) is 7.11 Å². The first kappa shape index (κ1) is 22.0. The van der Waals surface area contributed by atoms with Crippen LogP contribution in [0.3, 0.4) is 0 Å². The predicted octanol–water partition coefficient (Wildman–Crippen LogP) is 4.18. The number of halogens is 3. The van der Waals surface area contributed by atoms with Crippen molar-refractivity contribution in [3.8, 4) is 5.75 Å². The van der Waals surface area contributed by atoms with Crippen molar-refractivity contribution >= 4 is 45.1 Å². The van der Waals surface area contributed by atoms with Crippen LogP contribution in [-0.2, 0) is 9.59 Å². The Morgan fingerprint density at radius 1 is 0.879 bits per heavy atom. The Bertz CT molecular complexity index is 1370. The summed E-state index contributed by atoms with van der Waals surface area (Å²) in [4.78, 5) is 24.1. The van der Waals surface area contributed by atoms with Gasteiger partial charge in [-0.15, -0.1) is 0 Å². The van der Waals surface area contributed by atoms with Gasteiger partial charge >= 0.3 is 0 Å². The van der Waals surface area contributed by atoms with Crippen molar-refractivity contribution in [1.29, 1.82) is 0 Å². The smallest absolute Gasteiger partial charge is 0.243 e. The molecule has 1 aromatic heterocycles. The third-order valence-corrected chi connectivity index (χ3v) is 4.89. The Morgan fingerprint density at radius 2 is 1.67 bits per heavy atom. The Hall–Kier alpha value is -4.21. The summed E-state index contributed by atoms with van der Waals surface area (Å²) in [5.41, 5.74) is 1.29. The summed E-state index contributed by atoms with van der Waals surface area (Å²) in [5, 5.41) is 9.12. The zero-order valence-corrected chi connectivity index (χ0v) is 17.3. The first-order valence-electron chi connectivity index (χ1n) is 9.80. The average molecular weight is 457 g/mol. The van der Waals surface area contributed by atoms with Gasteiger partial charge in [-0.25, -0.2) is 13.2 Å². The van der Waals surface area contributed by atoms with Crippen LogP contribution < -0.4 is 20.7 Å². The second kappa shape index (κ2) is 9.11. The van der Waals surface area contributed by atoms with Gasteiger partial charge in [-0.05, 0) is 24.3 Å². The number of carbonyl (C=O) groups is 2. The SMILES string of the molecule is COc1cc2c(cc1NCC(=O)NCC(=O)Nc1ccc(F)c(F)c1F)oc1ccccc12. The van der Waals surface area contributed by atoms with Crippen LogP contribution in [0.2, 0.25) is 0 Å². The first-order chi connectivity index (χ1) is 15.9. The van der Waals surface area contributed by atoms with E-state index in [-0.39, 0.29) is 6.54 Å². The lowest BCUT2D eigenvalue weighted by Crippen LogP contribution is -2.36. The van der Waals surface area contributed by atoms with Crippen molar-refractivity contribution in [3.63, 3.8) is 0 Å². The van der Waals surface area contributed by atoms with E-state index in [0.717, 1.165) is 16.8 Å². The Kier molecular flexibility index (Phi) is 6.07. The highest BCUT2D eigenvalue weighted by atomic mass is 19.2. The van der Waals surface area contributed by atoms with Gasteiger partial charge in [0.15, 0.2) is 17.5 Å². The van der Waals surface area contributed by atoms with E-state index >= 15 is 0 Å². The molecule has 0 unspecified atom stereocenters. The van der Waals surface area contributed by atoms with E-state index in [1.54, 1.807) is 12.1 Å². The van der Waals surface area contributed by atoms with Crippen molar-refractivity contribution in [1.82, 2.24) is 5.32 Å². The van der Waals surface area contributed by atoms with Crippen LogP contribution in [0, 0.1) is 17.5 Å². The Morgan fingerprint density at radius 3 is 2.45 bits per heavy atom. The van der Waals surface area contributed by atoms with Crippen LogP contribution in [0.15, 0.2) is 52.9 Å². The molecule has 0 aliphatic heterocycles. The number of benzene rings is 3. The van der Waals surface area contributed by atoms with Crippen molar-refractivity contribution in [2.75, 3.05) is 30.8 Å². The van der Waals surface area contributed by atoms with Gasteiger partial charge in [0.2, 0.25) is 11.8 Å². The number of furan rings is 1. The summed E-state index contributed by atoms with van der Waals surface area (Å²) in [6, 6.07) is 12.6. The number of rotatable bonds is 7. The van der Waals surface area contributed by atoms with Crippen molar-refractivity contribution < 1.29 is 31.9 Å². The number of carbonyl (C=O) groups excluding carboxylic acids is 2. The molecule has 0 atom stereocenters. The van der Waals surface area contributed by atoms with Gasteiger partial charge in [-0.1, -0.05) is 18.2 Å². The summed E-state index contributed by atoms with van der Waals surface area (Å²) in [6.07, 6.45) is 0. The molecular formula is C23H18F3N3O4. The molecule has 10 heteroatoms. The summed E-state index contributed by atoms with van der Waals surface area (Å²) >= 11 is 0. The molecular weight excluding hydrogens is 439 g/mol. The van der Waals surface area contributed by atoms with Gasteiger partial charge in [0.25, 0.3) is 0 Å². The molecule has 1 heterocycles.